The van der Waals surface area contributed by atoms with Crippen LogP contribution in [-0.4, -0.2) is 96.5 Å². The van der Waals surface area contributed by atoms with Gasteiger partial charge in [0.05, 0.1) is 35.7 Å². The molecule has 2 aliphatic carbocycles. The third-order valence-corrected chi connectivity index (χ3v) is 13.2. The number of methoxy groups -OCH3 is 2. The Morgan fingerprint density at radius 1 is 0.778 bits per heavy atom. The van der Waals surface area contributed by atoms with Gasteiger partial charge < -0.3 is 19.7 Å². The molecule has 2 amide bonds. The lowest BCUT2D eigenvalue weighted by Gasteiger charge is -2.50. The lowest BCUT2D eigenvalue weighted by atomic mass is 9.77. The summed E-state index contributed by atoms with van der Waals surface area (Å²) in [5.74, 6) is 1.54. The van der Waals surface area contributed by atoms with E-state index in [0.717, 1.165) is 116 Å². The van der Waals surface area contributed by atoms with Crippen LogP contribution in [0.1, 0.15) is 60.5 Å². The minimum absolute atomic E-state index is 0.0629. The van der Waals surface area contributed by atoms with Gasteiger partial charge in [-0.15, -0.1) is 0 Å². The van der Waals surface area contributed by atoms with Gasteiger partial charge >= 0.3 is 0 Å². The number of hydrogen-bond donors (Lipinski definition) is 1. The zero-order valence-corrected chi connectivity index (χ0v) is 32.4. The normalized spacial score (nSPS) is 21.9. The number of hydrogen-bond acceptors (Lipinski definition) is 8. The molecule has 2 atom stereocenters. The Morgan fingerprint density at radius 3 is 1.74 bits per heavy atom. The van der Waals surface area contributed by atoms with Crippen LogP contribution in [-0.2, 0) is 22.4 Å². The van der Waals surface area contributed by atoms with Crippen molar-refractivity contribution in [3.8, 4) is 45.4 Å². The smallest absolute Gasteiger partial charge is 0.220 e. The van der Waals surface area contributed by atoms with Crippen molar-refractivity contribution in [2.45, 2.75) is 51.1 Å². The van der Waals surface area contributed by atoms with Crippen molar-refractivity contribution in [2.24, 2.45) is 5.41 Å². The minimum Gasteiger partial charge on any atom is -0.481 e. The van der Waals surface area contributed by atoms with Crippen LogP contribution < -0.4 is 14.8 Å². The van der Waals surface area contributed by atoms with Crippen LogP contribution in [0.4, 0.5) is 0 Å². The average molecular weight is 768 g/mol. The Labute approximate surface area is 325 Å². The number of ether oxygens (including phenoxy) is 2. The predicted octanol–water partition coefficient (Wildman–Crippen LogP) is 6.76. The highest BCUT2D eigenvalue weighted by atomic mass is 35.5. The molecule has 10 nitrogen and oxygen atoms in total. The minimum atomic E-state index is 0.0629. The summed E-state index contributed by atoms with van der Waals surface area (Å²) in [4.78, 5) is 40.8. The van der Waals surface area contributed by atoms with Crippen molar-refractivity contribution >= 4 is 35.0 Å². The maximum absolute atomic E-state index is 11.9. The number of halogens is 2. The summed E-state index contributed by atoms with van der Waals surface area (Å²) in [5.41, 5.74) is 9.55. The molecule has 3 fully saturated rings. The molecule has 2 aromatic carbocycles. The Bertz CT molecular complexity index is 2180. The number of piperazine rings is 1. The molecule has 1 spiro atoms. The van der Waals surface area contributed by atoms with E-state index in [1.165, 1.54) is 11.1 Å². The Hall–Kier alpha value is -4.22. The Morgan fingerprint density at radius 2 is 1.28 bits per heavy atom. The van der Waals surface area contributed by atoms with Crippen molar-refractivity contribution in [3.63, 3.8) is 0 Å². The van der Waals surface area contributed by atoms with Crippen LogP contribution >= 0.6 is 23.2 Å². The highest BCUT2D eigenvalue weighted by Crippen LogP contribution is 2.50. The summed E-state index contributed by atoms with van der Waals surface area (Å²) in [5, 5.41) is 4.14. The second-order valence-corrected chi connectivity index (χ2v) is 16.3. The average Bonchev–Trinajstić information content (AvgIpc) is 3.91. The van der Waals surface area contributed by atoms with Gasteiger partial charge in [-0.1, -0.05) is 59.6 Å². The molecule has 0 unspecified atom stereocenters. The number of aryl methyl sites for hydroxylation is 2. The molecule has 4 aromatic rings. The predicted molar refractivity (Wildman–Crippen MR) is 209 cm³/mol. The van der Waals surface area contributed by atoms with Crippen LogP contribution in [0.25, 0.3) is 33.6 Å². The number of rotatable bonds is 7. The molecule has 1 N–H and O–H groups in total. The second-order valence-electron chi connectivity index (χ2n) is 15.5. The summed E-state index contributed by atoms with van der Waals surface area (Å²) in [6.45, 7) is 7.35. The van der Waals surface area contributed by atoms with Crippen molar-refractivity contribution in [1.82, 2.24) is 30.0 Å². The first-order chi connectivity index (χ1) is 26.2. The number of nitrogens with one attached hydrogen (secondary N) is 1. The van der Waals surface area contributed by atoms with Gasteiger partial charge in [-0.2, -0.15) is 0 Å². The first-order valence-electron chi connectivity index (χ1n) is 18.9. The highest BCUT2D eigenvalue weighted by Gasteiger charge is 2.51. The van der Waals surface area contributed by atoms with Crippen LogP contribution in [0.2, 0.25) is 10.0 Å². The second kappa shape index (κ2) is 13.8. The van der Waals surface area contributed by atoms with Gasteiger partial charge in [0, 0.05) is 110 Å². The zero-order chi connectivity index (χ0) is 37.3. The summed E-state index contributed by atoms with van der Waals surface area (Å²) < 4.78 is 11.9. The van der Waals surface area contributed by atoms with Gasteiger partial charge in [0.1, 0.15) is 0 Å². The molecule has 0 saturated carbocycles. The number of carbonyl (C=O) groups is 2. The lowest BCUT2D eigenvalue weighted by molar-refractivity contribution is -0.131. The number of fused-ring (bicyclic) bond motifs is 2. The molecule has 0 bridgehead atoms. The molecule has 9 rings (SSSR count). The SMILES string of the molecule is COc1nc(-c2cccc(-c3cccc(-c4cc5c(c(OC)n4)[C@@H](N4CC6(CNC(=O)C6)C4)CC5)c3Cl)c2Cl)cc2c1[C@@H](N1CCN(C(C)=O)CC1)CC2. The van der Waals surface area contributed by atoms with E-state index >= 15 is 0 Å². The van der Waals surface area contributed by atoms with Crippen molar-refractivity contribution < 1.29 is 19.1 Å². The summed E-state index contributed by atoms with van der Waals surface area (Å²) in [6.07, 6.45) is 4.42. The monoisotopic (exact) mass is 766 g/mol. The van der Waals surface area contributed by atoms with Crippen molar-refractivity contribution in [3.05, 3.63) is 80.8 Å². The van der Waals surface area contributed by atoms with E-state index in [0.29, 0.717) is 28.2 Å². The van der Waals surface area contributed by atoms with Gasteiger partial charge in [0.15, 0.2) is 0 Å². The first-order valence-corrected chi connectivity index (χ1v) is 19.7. The number of likely N-dealkylation sites (tertiary alicyclic amines) is 1. The summed E-state index contributed by atoms with van der Waals surface area (Å²) in [6, 6.07) is 16.7. The van der Waals surface area contributed by atoms with Gasteiger partial charge in [0.25, 0.3) is 0 Å². The van der Waals surface area contributed by atoms with Crippen LogP contribution in [0, 0.1) is 5.41 Å². The number of aromatic nitrogens is 2. The molecule has 0 radical (unpaired) electrons. The van der Waals surface area contributed by atoms with E-state index in [1.807, 2.05) is 41.3 Å². The van der Waals surface area contributed by atoms with E-state index in [4.69, 9.17) is 42.6 Å². The zero-order valence-electron chi connectivity index (χ0n) is 30.9. The number of benzene rings is 2. The molecule has 2 aromatic heterocycles. The Kier molecular flexibility index (Phi) is 9.08. The van der Waals surface area contributed by atoms with Gasteiger partial charge in [-0.3, -0.25) is 19.4 Å². The molecule has 3 aliphatic heterocycles. The fraction of sp³-hybridized carbons (Fsp3) is 0.429. The van der Waals surface area contributed by atoms with E-state index in [9.17, 15) is 9.59 Å². The first kappa shape index (κ1) is 35.5. The standard InChI is InChI=1S/C42H44Cl2N6O4/c1-24(51)48-14-16-49(17-15-48)33-12-10-25-18-31(46-40(53-2)36(25)33)29-8-4-6-27(38(29)43)28-7-5-9-30(39(28)44)32-19-26-11-13-34(37(26)41(47-32)54-3)50-22-42(23-50)20-35(52)45-21-42/h4-9,18-19,33-34H,10-17,20-23H2,1-3H3,(H,45,52)/t33-,34-/m0/s1. The molecule has 12 heteroatoms. The van der Waals surface area contributed by atoms with Gasteiger partial charge in [-0.05, 0) is 48.9 Å². The molecule has 280 valence electrons. The maximum atomic E-state index is 11.9. The third kappa shape index (κ3) is 5.93. The molecular formula is C42H44Cl2N6O4. The van der Waals surface area contributed by atoms with Crippen LogP contribution in [0.5, 0.6) is 11.8 Å². The van der Waals surface area contributed by atoms with E-state index in [-0.39, 0.29) is 29.3 Å². The number of nitrogens with zero attached hydrogens (tertiary/aromatic N) is 5. The van der Waals surface area contributed by atoms with E-state index < -0.39 is 0 Å². The fourth-order valence-corrected chi connectivity index (χ4v) is 10.4. The molecule has 5 heterocycles. The molecule has 54 heavy (non-hydrogen) atoms. The van der Waals surface area contributed by atoms with Gasteiger partial charge in [0.2, 0.25) is 23.6 Å². The van der Waals surface area contributed by atoms with Crippen molar-refractivity contribution in [1.29, 1.82) is 0 Å². The number of carbonyl (C=O) groups excluding carboxylic acids is 2. The molecular weight excluding hydrogens is 723 g/mol. The van der Waals surface area contributed by atoms with Crippen LogP contribution in [0.3, 0.4) is 0 Å². The molecule has 5 aliphatic rings. The summed E-state index contributed by atoms with van der Waals surface area (Å²) in [7, 11) is 3.36. The Balaban J connectivity index is 1.00. The molecule has 3 saturated heterocycles. The third-order valence-electron chi connectivity index (χ3n) is 12.4. The lowest BCUT2D eigenvalue weighted by Crippen LogP contribution is -2.58. The largest absolute Gasteiger partial charge is 0.481 e. The number of pyridine rings is 2. The highest BCUT2D eigenvalue weighted by molar-refractivity contribution is 6.39. The quantitative estimate of drug-likeness (QED) is 0.220. The summed E-state index contributed by atoms with van der Waals surface area (Å²) >= 11 is 14.6. The maximum Gasteiger partial charge on any atom is 0.220 e. The van der Waals surface area contributed by atoms with Crippen LogP contribution in [0.15, 0.2) is 48.5 Å². The fourth-order valence-electron chi connectivity index (χ4n) is 9.72. The van der Waals surface area contributed by atoms with E-state index in [1.54, 1.807) is 21.1 Å². The number of amides is 2. The van der Waals surface area contributed by atoms with E-state index in [2.05, 4.69) is 27.2 Å². The van der Waals surface area contributed by atoms with Crippen molar-refractivity contribution in [2.75, 3.05) is 60.0 Å². The topological polar surface area (TPSA) is 100 Å². The van der Waals surface area contributed by atoms with Gasteiger partial charge in [-0.25, -0.2) is 9.97 Å².